The van der Waals surface area contributed by atoms with Crippen molar-refractivity contribution in [1.82, 2.24) is 20.8 Å². The van der Waals surface area contributed by atoms with Crippen LogP contribution in [0.15, 0.2) is 84.2 Å². The number of alkyl halides is 3. The van der Waals surface area contributed by atoms with Crippen LogP contribution in [0.3, 0.4) is 0 Å². The normalized spacial score (nSPS) is 18.2. The molecule has 5 rings (SSSR count). The maximum Gasteiger partial charge on any atom is 0.396 e. The summed E-state index contributed by atoms with van der Waals surface area (Å²) in [5, 5.41) is 23.3. The van der Waals surface area contributed by atoms with Crippen LogP contribution in [0.25, 0.3) is 0 Å². The summed E-state index contributed by atoms with van der Waals surface area (Å²) in [7, 11) is 0. The zero-order chi connectivity index (χ0) is 30.6. The predicted molar refractivity (Wildman–Crippen MR) is 158 cm³/mol. The lowest BCUT2D eigenvalue weighted by Crippen LogP contribution is -2.48. The fraction of sp³-hybridized carbons (Fsp3) is 0.375. The molecule has 226 valence electrons. The van der Waals surface area contributed by atoms with Crippen LogP contribution in [-0.2, 0) is 4.79 Å². The van der Waals surface area contributed by atoms with Gasteiger partial charge in [-0.3, -0.25) is 4.79 Å². The Hall–Kier alpha value is -4.41. The van der Waals surface area contributed by atoms with Gasteiger partial charge in [0.2, 0.25) is 11.8 Å². The second-order valence-corrected chi connectivity index (χ2v) is 11.1. The minimum Gasteiger partial charge on any atom is -0.474 e. The van der Waals surface area contributed by atoms with Gasteiger partial charge in [0.1, 0.15) is 5.82 Å². The summed E-state index contributed by atoms with van der Waals surface area (Å²) in [6.45, 7) is 4.80. The van der Waals surface area contributed by atoms with Gasteiger partial charge in [0.05, 0.1) is 18.1 Å². The van der Waals surface area contributed by atoms with Crippen molar-refractivity contribution in [3.63, 3.8) is 0 Å². The molecule has 0 saturated carbocycles. The molecule has 0 bridgehead atoms. The molecule has 43 heavy (non-hydrogen) atoms. The Kier molecular flexibility index (Phi) is 8.98. The van der Waals surface area contributed by atoms with Crippen molar-refractivity contribution in [2.24, 2.45) is 11.8 Å². The van der Waals surface area contributed by atoms with Gasteiger partial charge in [0, 0.05) is 42.8 Å². The van der Waals surface area contributed by atoms with Crippen LogP contribution in [0.2, 0.25) is 0 Å². The molecule has 2 aromatic carbocycles. The zero-order valence-corrected chi connectivity index (χ0v) is 24.1. The lowest BCUT2D eigenvalue weighted by Gasteiger charge is -2.37. The number of benzene rings is 2. The molecule has 8 nitrogen and oxygen atoms in total. The monoisotopic (exact) mass is 592 g/mol. The zero-order valence-electron chi connectivity index (χ0n) is 24.1. The Balaban J connectivity index is 1.42. The molecule has 1 atom stereocenters. The third-order valence-electron chi connectivity index (χ3n) is 7.72. The van der Waals surface area contributed by atoms with E-state index in [2.05, 4.69) is 20.8 Å². The molecule has 1 amide bonds. The number of allylic oxidation sites excluding steroid dienone is 1. The van der Waals surface area contributed by atoms with E-state index in [0.717, 1.165) is 11.1 Å². The van der Waals surface area contributed by atoms with E-state index >= 15 is 0 Å². The maximum atomic E-state index is 14.5. The van der Waals surface area contributed by atoms with Gasteiger partial charge in [-0.1, -0.05) is 60.7 Å². The molecule has 1 unspecified atom stereocenters. The first-order chi connectivity index (χ1) is 20.6. The summed E-state index contributed by atoms with van der Waals surface area (Å²) < 4.78 is 49.0. The van der Waals surface area contributed by atoms with Crippen molar-refractivity contribution in [1.29, 1.82) is 5.41 Å². The Morgan fingerprint density at radius 1 is 0.977 bits per heavy atom. The molecule has 0 aliphatic carbocycles. The van der Waals surface area contributed by atoms with Crippen LogP contribution in [-0.4, -0.2) is 47.2 Å². The molecule has 11 heteroatoms. The number of carbonyl (C=O) groups is 1. The quantitative estimate of drug-likeness (QED) is 0.272. The van der Waals surface area contributed by atoms with Gasteiger partial charge in [-0.2, -0.15) is 13.2 Å². The highest BCUT2D eigenvalue weighted by Gasteiger charge is 2.49. The highest BCUT2D eigenvalue weighted by atomic mass is 19.4. The number of rotatable bonds is 9. The second-order valence-electron chi connectivity index (χ2n) is 11.1. The third-order valence-corrected chi connectivity index (χ3v) is 7.72. The molecule has 2 aliphatic rings. The number of hydrogen-bond donors (Lipinski definition) is 3. The lowest BCUT2D eigenvalue weighted by molar-refractivity contribution is -0.169. The van der Waals surface area contributed by atoms with E-state index in [1.54, 1.807) is 6.07 Å². The summed E-state index contributed by atoms with van der Waals surface area (Å²) in [5.41, 5.74) is 1.33. The van der Waals surface area contributed by atoms with Gasteiger partial charge in [0.15, 0.2) is 5.82 Å². The van der Waals surface area contributed by atoms with Crippen LogP contribution in [0.1, 0.15) is 50.3 Å². The number of halogens is 3. The average Bonchev–Trinajstić information content (AvgIpc) is 3.00. The topological polar surface area (TPSA) is 103 Å². The molecular formula is C32H35F3N6O2. The molecule has 2 aliphatic heterocycles. The summed E-state index contributed by atoms with van der Waals surface area (Å²) in [5.74, 6) is -2.24. The van der Waals surface area contributed by atoms with Crippen LogP contribution in [0.4, 0.5) is 19.0 Å². The van der Waals surface area contributed by atoms with Crippen molar-refractivity contribution >= 4 is 17.4 Å². The number of nitrogens with zero attached hydrogens (tertiary/aromatic N) is 3. The molecule has 0 spiro atoms. The molecular weight excluding hydrogens is 557 g/mol. The van der Waals surface area contributed by atoms with Crippen LogP contribution in [0, 0.1) is 17.2 Å². The first-order valence-electron chi connectivity index (χ1n) is 14.4. The number of ether oxygens (including phenoxy) is 1. The largest absolute Gasteiger partial charge is 0.474 e. The summed E-state index contributed by atoms with van der Waals surface area (Å²) in [6, 6.07) is 21.6. The minimum atomic E-state index is -4.70. The van der Waals surface area contributed by atoms with Gasteiger partial charge in [-0.25, -0.2) is 0 Å². The molecule has 1 aromatic heterocycles. The van der Waals surface area contributed by atoms with Gasteiger partial charge in [-0.05, 0) is 43.9 Å². The van der Waals surface area contributed by atoms with Crippen LogP contribution >= 0.6 is 0 Å². The standard InChI is InChI=1S/C32H35F3N6O2/c1-20(2)43-27-14-13-25(39-40-27)41-17-15-21(16-18-41)29(36)28-24(32(33,34)35)19-26(42)37-31(28)38-30(22-9-5-3-6-10-22)23-11-7-4-8-12-23/h3-14,20-21,24,30,36,38H,15-19H2,1-2H3,(H,37,42). The lowest BCUT2D eigenvalue weighted by atomic mass is 9.80. The first kappa shape index (κ1) is 30.1. The van der Waals surface area contributed by atoms with Crippen molar-refractivity contribution < 1.29 is 22.7 Å². The van der Waals surface area contributed by atoms with Gasteiger partial charge in [0.25, 0.3) is 0 Å². The molecule has 3 heterocycles. The second kappa shape index (κ2) is 12.8. The molecule has 1 fully saturated rings. The third kappa shape index (κ3) is 7.15. The van der Waals surface area contributed by atoms with Crippen molar-refractivity contribution in [3.8, 4) is 5.88 Å². The number of aromatic nitrogens is 2. The van der Waals surface area contributed by atoms with Gasteiger partial charge >= 0.3 is 6.18 Å². The molecule has 3 N–H and O–H groups in total. The molecule has 1 saturated heterocycles. The first-order valence-corrected chi connectivity index (χ1v) is 14.4. The van der Waals surface area contributed by atoms with E-state index in [0.29, 0.717) is 37.6 Å². The number of hydrogen-bond acceptors (Lipinski definition) is 7. The number of amides is 1. The smallest absolute Gasteiger partial charge is 0.396 e. The number of nitrogens with one attached hydrogen (secondary N) is 3. The molecule has 0 radical (unpaired) electrons. The van der Waals surface area contributed by atoms with E-state index in [4.69, 9.17) is 10.1 Å². The summed E-state index contributed by atoms with van der Waals surface area (Å²) in [6.07, 6.45) is -4.57. The van der Waals surface area contributed by atoms with E-state index in [-0.39, 0.29) is 23.2 Å². The van der Waals surface area contributed by atoms with E-state index in [1.165, 1.54) is 0 Å². The van der Waals surface area contributed by atoms with Crippen LogP contribution < -0.4 is 20.3 Å². The number of piperidine rings is 1. The highest BCUT2D eigenvalue weighted by Crippen LogP contribution is 2.41. The fourth-order valence-corrected chi connectivity index (χ4v) is 5.63. The van der Waals surface area contributed by atoms with Gasteiger partial charge in [-0.15, -0.1) is 10.2 Å². The SMILES string of the molecule is CC(C)Oc1ccc(N2CCC(C(=N)C3=C(NC(c4ccccc4)c4ccccc4)NC(=O)CC3C(F)(F)F)CC2)nn1. The fourth-order valence-electron chi connectivity index (χ4n) is 5.63. The van der Waals surface area contributed by atoms with Crippen molar-refractivity contribution in [3.05, 3.63) is 95.3 Å². The van der Waals surface area contributed by atoms with Gasteiger partial charge < -0.3 is 25.7 Å². The van der Waals surface area contributed by atoms with E-state index in [9.17, 15) is 18.0 Å². The maximum absolute atomic E-state index is 14.5. The average molecular weight is 593 g/mol. The number of anilines is 1. The predicted octanol–water partition coefficient (Wildman–Crippen LogP) is 5.79. The van der Waals surface area contributed by atoms with E-state index < -0.39 is 36.4 Å². The Morgan fingerprint density at radius 2 is 1.58 bits per heavy atom. The summed E-state index contributed by atoms with van der Waals surface area (Å²) >= 11 is 0. The highest BCUT2D eigenvalue weighted by molar-refractivity contribution is 6.03. The Bertz CT molecular complexity index is 1400. The Labute approximate surface area is 248 Å². The molecule has 3 aromatic rings. The van der Waals surface area contributed by atoms with E-state index in [1.807, 2.05) is 85.5 Å². The van der Waals surface area contributed by atoms with Crippen LogP contribution in [0.5, 0.6) is 5.88 Å². The number of carbonyl (C=O) groups excluding carboxylic acids is 1. The minimum absolute atomic E-state index is 0.0312. The van der Waals surface area contributed by atoms with Crippen molar-refractivity contribution in [2.45, 2.75) is 51.4 Å². The summed E-state index contributed by atoms with van der Waals surface area (Å²) in [4.78, 5) is 14.6. The Morgan fingerprint density at radius 3 is 2.09 bits per heavy atom. The van der Waals surface area contributed by atoms with Crippen molar-refractivity contribution in [2.75, 3.05) is 18.0 Å².